The predicted octanol–water partition coefficient (Wildman–Crippen LogP) is 6.66. The quantitative estimate of drug-likeness (QED) is 0.285. The van der Waals surface area contributed by atoms with Gasteiger partial charge in [0.25, 0.3) is 0 Å². The van der Waals surface area contributed by atoms with Crippen LogP contribution in [0.25, 0.3) is 6.08 Å². The Morgan fingerprint density at radius 1 is 1.03 bits per heavy atom. The van der Waals surface area contributed by atoms with Crippen LogP contribution < -0.4 is 0 Å². The third-order valence-corrected chi connectivity index (χ3v) is 5.65. The molecule has 2 aromatic carbocycles. The molecule has 4 nitrogen and oxygen atoms in total. The van der Waals surface area contributed by atoms with Gasteiger partial charge in [-0.1, -0.05) is 100 Å². The van der Waals surface area contributed by atoms with Crippen LogP contribution in [0.1, 0.15) is 50.7 Å². The molecule has 1 aliphatic heterocycles. The van der Waals surface area contributed by atoms with Gasteiger partial charge in [0.1, 0.15) is 6.61 Å². The van der Waals surface area contributed by atoms with Crippen LogP contribution in [0.4, 0.5) is 4.79 Å². The van der Waals surface area contributed by atoms with Crippen LogP contribution >= 0.6 is 0 Å². The molecule has 0 radical (unpaired) electrons. The molecule has 31 heavy (non-hydrogen) atoms. The molecule has 1 heterocycles. The molecule has 1 aliphatic rings. The Balaban J connectivity index is 1.88. The zero-order chi connectivity index (χ0) is 21.9. The predicted molar refractivity (Wildman–Crippen MR) is 128 cm³/mol. The summed E-state index contributed by atoms with van der Waals surface area (Å²) in [6, 6.07) is 20.2. The second-order valence-electron chi connectivity index (χ2n) is 8.21. The smallest absolute Gasteiger partial charge is 0.417 e. The molecular formula is C26H34BNO3. The molecule has 0 aromatic heterocycles. The molecule has 1 amide bonds. The third kappa shape index (κ3) is 6.91. The highest BCUT2D eigenvalue weighted by atomic mass is 16.6. The fourth-order valence-electron chi connectivity index (χ4n) is 3.92. The van der Waals surface area contributed by atoms with Crippen molar-refractivity contribution in [3.8, 4) is 0 Å². The van der Waals surface area contributed by atoms with Crippen molar-refractivity contribution in [1.29, 1.82) is 0 Å². The number of rotatable bonds is 12. The number of hydrogen-bond donors (Lipinski definition) is 0. The molecule has 0 bridgehead atoms. The van der Waals surface area contributed by atoms with Crippen LogP contribution in [0.3, 0.4) is 0 Å². The highest BCUT2D eigenvalue weighted by molar-refractivity contribution is 6.52. The van der Waals surface area contributed by atoms with E-state index in [1.807, 2.05) is 54.6 Å². The number of carbonyl (C=O) groups excluding carboxylic acids is 1. The molecule has 0 aliphatic carbocycles. The Hall–Kier alpha value is -2.69. The van der Waals surface area contributed by atoms with E-state index in [2.05, 4.69) is 26.0 Å². The molecule has 1 fully saturated rings. The maximum absolute atomic E-state index is 12.8. The summed E-state index contributed by atoms with van der Waals surface area (Å²) in [5.41, 5.74) is 2.20. The molecule has 0 N–H and O–H groups in total. The lowest BCUT2D eigenvalue weighted by Crippen LogP contribution is -2.37. The van der Waals surface area contributed by atoms with Crippen molar-refractivity contribution in [3.63, 3.8) is 0 Å². The van der Waals surface area contributed by atoms with Crippen molar-refractivity contribution in [1.82, 2.24) is 4.90 Å². The van der Waals surface area contributed by atoms with Gasteiger partial charge in [0.2, 0.25) is 0 Å². The van der Waals surface area contributed by atoms with Gasteiger partial charge in [-0.15, -0.1) is 0 Å². The van der Waals surface area contributed by atoms with E-state index in [9.17, 15) is 4.79 Å². The summed E-state index contributed by atoms with van der Waals surface area (Å²) in [7, 11) is 0. The number of hydrogen-bond acceptors (Lipinski definition) is 3. The van der Waals surface area contributed by atoms with Crippen LogP contribution in [0.2, 0.25) is 12.6 Å². The lowest BCUT2D eigenvalue weighted by molar-refractivity contribution is 0.153. The summed E-state index contributed by atoms with van der Waals surface area (Å²) in [4.78, 5) is 14.5. The first kappa shape index (κ1) is 23.0. The lowest BCUT2D eigenvalue weighted by atomic mass is 9.59. The first-order valence-corrected chi connectivity index (χ1v) is 11.6. The summed E-state index contributed by atoms with van der Waals surface area (Å²) >= 11 is 0. The highest BCUT2D eigenvalue weighted by Crippen LogP contribution is 2.27. The third-order valence-electron chi connectivity index (χ3n) is 5.65. The Kier molecular flexibility index (Phi) is 9.07. The van der Waals surface area contributed by atoms with Crippen LogP contribution in [0.5, 0.6) is 0 Å². The van der Waals surface area contributed by atoms with Gasteiger partial charge in [0.05, 0.1) is 6.04 Å². The van der Waals surface area contributed by atoms with Gasteiger partial charge in [-0.2, -0.15) is 0 Å². The molecular weight excluding hydrogens is 385 g/mol. The van der Waals surface area contributed by atoms with Crippen LogP contribution in [0.15, 0.2) is 66.5 Å². The van der Waals surface area contributed by atoms with E-state index in [0.29, 0.717) is 12.5 Å². The normalized spacial score (nSPS) is 16.3. The second-order valence-corrected chi connectivity index (χ2v) is 8.21. The maximum Gasteiger partial charge on any atom is 0.417 e. The molecule has 164 valence electrons. The molecule has 3 rings (SSSR count). The summed E-state index contributed by atoms with van der Waals surface area (Å²) < 4.78 is 12.0. The van der Waals surface area contributed by atoms with Gasteiger partial charge in [-0.25, -0.2) is 9.69 Å². The van der Waals surface area contributed by atoms with E-state index in [-0.39, 0.29) is 19.1 Å². The first-order chi connectivity index (χ1) is 15.2. The topological polar surface area (TPSA) is 38.8 Å². The second kappa shape index (κ2) is 12.2. The Morgan fingerprint density at radius 2 is 1.65 bits per heavy atom. The van der Waals surface area contributed by atoms with Crippen molar-refractivity contribution in [2.24, 2.45) is 0 Å². The number of ether oxygens (including phenoxy) is 1. The van der Waals surface area contributed by atoms with Gasteiger partial charge in [-0.3, -0.25) is 0 Å². The molecule has 0 spiro atoms. The van der Waals surface area contributed by atoms with E-state index >= 15 is 0 Å². The van der Waals surface area contributed by atoms with E-state index in [1.54, 1.807) is 4.90 Å². The number of cyclic esters (lactones) is 1. The zero-order valence-electron chi connectivity index (χ0n) is 18.8. The Morgan fingerprint density at radius 3 is 2.26 bits per heavy atom. The largest absolute Gasteiger partial charge is 0.549 e. The van der Waals surface area contributed by atoms with Gasteiger partial charge in [-0.05, 0) is 30.2 Å². The molecule has 2 aromatic rings. The van der Waals surface area contributed by atoms with Gasteiger partial charge in [0.15, 0.2) is 5.88 Å². The van der Waals surface area contributed by atoms with Crippen LogP contribution in [0, 0.1) is 0 Å². The van der Waals surface area contributed by atoms with Crippen molar-refractivity contribution >= 4 is 19.1 Å². The van der Waals surface area contributed by atoms with Gasteiger partial charge in [0, 0.05) is 6.08 Å². The van der Waals surface area contributed by atoms with E-state index in [4.69, 9.17) is 9.39 Å². The SMILES string of the molecule is CCCCB(CCCC)O/C(=C\c1ccccc1)N1C(=O)OC[C@@H]1Cc1ccccc1. The van der Waals surface area contributed by atoms with E-state index in [0.717, 1.165) is 50.3 Å². The minimum atomic E-state index is -0.326. The number of nitrogens with zero attached hydrogens (tertiary/aromatic N) is 1. The minimum absolute atomic E-state index is 0.0807. The molecule has 5 heteroatoms. The monoisotopic (exact) mass is 419 g/mol. The average molecular weight is 419 g/mol. The average Bonchev–Trinajstić information content (AvgIpc) is 3.16. The summed E-state index contributed by atoms with van der Waals surface area (Å²) in [6.45, 7) is 4.87. The number of amides is 1. The summed E-state index contributed by atoms with van der Waals surface area (Å²) in [5, 5.41) is 0. The number of unbranched alkanes of at least 4 members (excludes halogenated alkanes) is 2. The summed E-state index contributed by atoms with van der Waals surface area (Å²) in [6.07, 6.45) is 8.87. The van der Waals surface area contributed by atoms with Crippen molar-refractivity contribution in [2.45, 2.75) is 64.6 Å². The fraction of sp³-hybridized carbons (Fsp3) is 0.423. The first-order valence-electron chi connectivity index (χ1n) is 11.6. The van der Waals surface area contributed by atoms with Crippen molar-refractivity contribution in [3.05, 3.63) is 77.7 Å². The van der Waals surface area contributed by atoms with Crippen LogP contribution in [-0.4, -0.2) is 30.6 Å². The summed E-state index contributed by atoms with van der Waals surface area (Å²) in [5.74, 6) is 0.604. The zero-order valence-corrected chi connectivity index (χ0v) is 18.8. The maximum atomic E-state index is 12.8. The van der Waals surface area contributed by atoms with Crippen molar-refractivity contribution in [2.75, 3.05) is 6.61 Å². The standard InChI is InChI=1S/C26H34BNO3/c1-3-5-17-27(18-6-4-2)31-25(20-23-15-11-8-12-16-23)28-24(21-30-26(28)29)19-22-13-9-7-10-14-22/h7-16,20,24H,3-6,17-19,21H2,1-2H3/b25-20-/t24-/m0/s1. The van der Waals surface area contributed by atoms with Crippen molar-refractivity contribution < 1.29 is 14.2 Å². The van der Waals surface area contributed by atoms with Gasteiger partial charge < -0.3 is 9.39 Å². The van der Waals surface area contributed by atoms with E-state index in [1.165, 1.54) is 5.56 Å². The Bertz CT molecular complexity index is 817. The molecule has 1 saturated heterocycles. The van der Waals surface area contributed by atoms with Gasteiger partial charge >= 0.3 is 13.0 Å². The number of carbonyl (C=O) groups is 1. The van der Waals surface area contributed by atoms with Crippen LogP contribution in [-0.2, 0) is 15.8 Å². The Labute approximate surface area is 187 Å². The highest BCUT2D eigenvalue weighted by Gasteiger charge is 2.37. The molecule has 0 saturated carbocycles. The molecule has 0 unspecified atom stereocenters. The fourth-order valence-corrected chi connectivity index (χ4v) is 3.92. The number of benzene rings is 2. The van der Waals surface area contributed by atoms with E-state index < -0.39 is 0 Å². The lowest BCUT2D eigenvalue weighted by Gasteiger charge is -2.27. The minimum Gasteiger partial charge on any atom is -0.549 e. The molecule has 1 atom stereocenters.